The van der Waals surface area contributed by atoms with Crippen molar-refractivity contribution in [2.45, 2.75) is 11.3 Å². The zero-order valence-corrected chi connectivity index (χ0v) is 18.9. The number of nitrogens with one attached hydrogen (secondary N) is 1. The van der Waals surface area contributed by atoms with Crippen LogP contribution in [0.4, 0.5) is 4.39 Å². The number of halogens is 3. The molecule has 2 heterocycles. The van der Waals surface area contributed by atoms with Crippen LogP contribution in [0, 0.1) is 5.82 Å². The van der Waals surface area contributed by atoms with Gasteiger partial charge in [0, 0.05) is 30.8 Å². The highest BCUT2D eigenvalue weighted by atomic mass is 79.9. The van der Waals surface area contributed by atoms with Crippen LogP contribution in [0.1, 0.15) is 6.42 Å². The standard InChI is InChI=1S/C20H18BrClFN3O3S/c21-15-4-2-13(10-17(15)23)18-12-24-20(25-18)14-3-5-16(22)19(11-14)30(27,28)26-6-1-8-29-9-7-26/h2-5,10-12H,1,6-9H2,(H,24,25). The number of hydrogen-bond donors (Lipinski definition) is 1. The van der Waals surface area contributed by atoms with Gasteiger partial charge < -0.3 is 9.72 Å². The van der Waals surface area contributed by atoms with Crippen LogP contribution in [0.15, 0.2) is 52.0 Å². The molecule has 1 aliphatic heterocycles. The van der Waals surface area contributed by atoms with E-state index in [2.05, 4.69) is 25.9 Å². The van der Waals surface area contributed by atoms with Crippen LogP contribution in [0.3, 0.4) is 0 Å². The summed E-state index contributed by atoms with van der Waals surface area (Å²) in [7, 11) is -3.78. The Hall–Kier alpha value is -1.78. The number of rotatable bonds is 4. The maximum Gasteiger partial charge on any atom is 0.244 e. The Labute approximate surface area is 187 Å². The molecule has 0 amide bonds. The van der Waals surface area contributed by atoms with E-state index in [0.717, 1.165) is 0 Å². The summed E-state index contributed by atoms with van der Waals surface area (Å²) in [5.74, 6) is 0.0746. The van der Waals surface area contributed by atoms with Gasteiger partial charge in [0.05, 0.1) is 28.0 Å². The fourth-order valence-corrected chi connectivity index (χ4v) is 5.44. The highest BCUT2D eigenvalue weighted by Crippen LogP contribution is 2.31. The van der Waals surface area contributed by atoms with Crippen LogP contribution in [0.25, 0.3) is 22.6 Å². The lowest BCUT2D eigenvalue weighted by Gasteiger charge is -2.20. The van der Waals surface area contributed by atoms with Crippen LogP contribution in [0.2, 0.25) is 5.02 Å². The van der Waals surface area contributed by atoms with E-state index in [1.807, 2.05) is 0 Å². The summed E-state index contributed by atoms with van der Waals surface area (Å²) in [6.07, 6.45) is 2.20. The zero-order chi connectivity index (χ0) is 21.3. The first-order chi connectivity index (χ1) is 14.4. The Morgan fingerprint density at radius 1 is 1.13 bits per heavy atom. The fraction of sp³-hybridized carbons (Fsp3) is 0.250. The van der Waals surface area contributed by atoms with Gasteiger partial charge in [-0.3, -0.25) is 0 Å². The molecule has 0 unspecified atom stereocenters. The van der Waals surface area contributed by atoms with Gasteiger partial charge in [0.25, 0.3) is 0 Å². The predicted molar refractivity (Wildman–Crippen MR) is 116 cm³/mol. The number of aromatic nitrogens is 2. The van der Waals surface area contributed by atoms with Gasteiger partial charge in [0.2, 0.25) is 10.0 Å². The van der Waals surface area contributed by atoms with Gasteiger partial charge in [-0.2, -0.15) is 4.31 Å². The van der Waals surface area contributed by atoms with Gasteiger partial charge in [0.1, 0.15) is 16.5 Å². The molecule has 0 radical (unpaired) electrons. The molecule has 0 aliphatic carbocycles. The SMILES string of the molecule is O=S(=O)(c1cc(-c2ncc(-c3ccc(Br)c(F)c3)[nH]2)ccc1Cl)N1CCCOCC1. The van der Waals surface area contributed by atoms with Crippen molar-refractivity contribution < 1.29 is 17.5 Å². The molecule has 0 saturated carbocycles. The third kappa shape index (κ3) is 4.31. The highest BCUT2D eigenvalue weighted by molar-refractivity contribution is 9.10. The molecule has 3 aromatic rings. The Balaban J connectivity index is 1.68. The van der Waals surface area contributed by atoms with E-state index in [-0.39, 0.29) is 22.3 Å². The van der Waals surface area contributed by atoms with Crippen LogP contribution in [-0.2, 0) is 14.8 Å². The van der Waals surface area contributed by atoms with E-state index in [1.165, 1.54) is 16.4 Å². The second kappa shape index (κ2) is 8.76. The first-order valence-corrected chi connectivity index (χ1v) is 11.9. The number of benzene rings is 2. The van der Waals surface area contributed by atoms with E-state index in [1.54, 1.807) is 30.5 Å². The summed E-state index contributed by atoms with van der Waals surface area (Å²) >= 11 is 9.38. The molecule has 0 bridgehead atoms. The van der Waals surface area contributed by atoms with Gasteiger partial charge in [-0.05, 0) is 52.7 Å². The lowest BCUT2D eigenvalue weighted by molar-refractivity contribution is 0.148. The molecule has 0 atom stereocenters. The summed E-state index contributed by atoms with van der Waals surface area (Å²) in [6.45, 7) is 1.54. The number of ether oxygens (including phenoxy) is 1. The number of aromatic amines is 1. The molecular weight excluding hydrogens is 497 g/mol. The topological polar surface area (TPSA) is 75.3 Å². The molecule has 1 aromatic heterocycles. The lowest BCUT2D eigenvalue weighted by atomic mass is 10.2. The molecule has 10 heteroatoms. The molecule has 0 spiro atoms. The molecule has 1 aliphatic rings. The Kier molecular flexibility index (Phi) is 6.26. The molecule has 1 fully saturated rings. The zero-order valence-electron chi connectivity index (χ0n) is 15.7. The molecule has 158 valence electrons. The van der Waals surface area contributed by atoms with E-state index in [0.29, 0.717) is 53.3 Å². The van der Waals surface area contributed by atoms with Gasteiger partial charge in [-0.25, -0.2) is 17.8 Å². The molecular formula is C20H18BrClFN3O3S. The van der Waals surface area contributed by atoms with E-state index >= 15 is 0 Å². The highest BCUT2D eigenvalue weighted by Gasteiger charge is 2.28. The minimum atomic E-state index is -3.78. The van der Waals surface area contributed by atoms with Crippen molar-refractivity contribution in [1.29, 1.82) is 0 Å². The molecule has 1 N–H and O–H groups in total. The first-order valence-electron chi connectivity index (χ1n) is 9.24. The molecule has 30 heavy (non-hydrogen) atoms. The van der Waals surface area contributed by atoms with Crippen molar-refractivity contribution in [2.75, 3.05) is 26.3 Å². The minimum absolute atomic E-state index is 0.0243. The van der Waals surface area contributed by atoms with Crippen molar-refractivity contribution in [1.82, 2.24) is 14.3 Å². The van der Waals surface area contributed by atoms with Crippen molar-refractivity contribution in [3.05, 3.63) is 57.9 Å². The number of H-pyrrole nitrogens is 1. The minimum Gasteiger partial charge on any atom is -0.380 e. The number of nitrogens with zero attached hydrogens (tertiary/aromatic N) is 2. The van der Waals surface area contributed by atoms with Crippen LogP contribution >= 0.6 is 27.5 Å². The average Bonchev–Trinajstić information content (AvgIpc) is 3.04. The van der Waals surface area contributed by atoms with Crippen LogP contribution in [0.5, 0.6) is 0 Å². The maximum absolute atomic E-state index is 13.9. The number of imidazole rings is 1. The Morgan fingerprint density at radius 2 is 1.93 bits per heavy atom. The third-order valence-corrected chi connectivity index (χ3v) is 7.83. The predicted octanol–water partition coefficient (Wildman–Crippen LogP) is 4.71. The third-order valence-electron chi connectivity index (χ3n) is 4.81. The van der Waals surface area contributed by atoms with Crippen LogP contribution < -0.4 is 0 Å². The van der Waals surface area contributed by atoms with Gasteiger partial charge in [-0.1, -0.05) is 17.7 Å². The van der Waals surface area contributed by atoms with Crippen molar-refractivity contribution in [3.63, 3.8) is 0 Å². The van der Waals surface area contributed by atoms with Crippen molar-refractivity contribution in [2.24, 2.45) is 0 Å². The molecule has 1 saturated heterocycles. The molecule has 4 rings (SSSR count). The van der Waals surface area contributed by atoms with Gasteiger partial charge in [-0.15, -0.1) is 0 Å². The first kappa shape index (κ1) is 21.5. The van der Waals surface area contributed by atoms with Crippen LogP contribution in [-0.4, -0.2) is 49.0 Å². The van der Waals surface area contributed by atoms with Gasteiger partial charge in [0.15, 0.2) is 0 Å². The Morgan fingerprint density at radius 3 is 2.73 bits per heavy atom. The Bertz CT molecular complexity index is 1180. The van der Waals surface area contributed by atoms with Crippen molar-refractivity contribution >= 4 is 37.6 Å². The van der Waals surface area contributed by atoms with Crippen molar-refractivity contribution in [3.8, 4) is 22.6 Å². The second-order valence-corrected chi connectivity index (χ2v) is 9.96. The summed E-state index contributed by atoms with van der Waals surface area (Å²) < 4.78 is 47.3. The second-order valence-electron chi connectivity index (χ2n) is 6.79. The normalized spacial score (nSPS) is 15.8. The number of hydrogen-bond acceptors (Lipinski definition) is 4. The quantitative estimate of drug-likeness (QED) is 0.547. The van der Waals surface area contributed by atoms with E-state index < -0.39 is 10.0 Å². The average molecular weight is 515 g/mol. The number of sulfonamides is 1. The largest absolute Gasteiger partial charge is 0.380 e. The smallest absolute Gasteiger partial charge is 0.244 e. The maximum atomic E-state index is 13.9. The fourth-order valence-electron chi connectivity index (χ4n) is 3.23. The summed E-state index contributed by atoms with van der Waals surface area (Å²) in [5, 5.41) is 0.144. The monoisotopic (exact) mass is 513 g/mol. The molecule has 6 nitrogen and oxygen atoms in total. The summed E-state index contributed by atoms with van der Waals surface area (Å²) in [4.78, 5) is 7.47. The van der Waals surface area contributed by atoms with E-state index in [9.17, 15) is 12.8 Å². The summed E-state index contributed by atoms with van der Waals surface area (Å²) in [6, 6.07) is 9.50. The summed E-state index contributed by atoms with van der Waals surface area (Å²) in [5.41, 5.74) is 1.80. The van der Waals surface area contributed by atoms with Gasteiger partial charge >= 0.3 is 0 Å². The van der Waals surface area contributed by atoms with E-state index in [4.69, 9.17) is 16.3 Å². The lowest BCUT2D eigenvalue weighted by Crippen LogP contribution is -2.33. The molecule has 2 aromatic carbocycles.